The number of piperidine rings is 1. The molecule has 1 aromatic carbocycles. The highest BCUT2D eigenvalue weighted by molar-refractivity contribution is 9.10. The smallest absolute Gasteiger partial charge is 0.170 e. The van der Waals surface area contributed by atoms with Crippen LogP contribution in [0.2, 0.25) is 0 Å². The third kappa shape index (κ3) is 2.87. The van der Waals surface area contributed by atoms with Gasteiger partial charge in [0, 0.05) is 36.4 Å². The largest absolute Gasteiger partial charge is 0.347 e. The minimum atomic E-state index is -0.268. The van der Waals surface area contributed by atoms with Crippen LogP contribution in [0.1, 0.15) is 31.4 Å². The first kappa shape index (κ1) is 13.6. The van der Waals surface area contributed by atoms with E-state index in [4.69, 9.17) is 9.47 Å². The van der Waals surface area contributed by atoms with Crippen LogP contribution in [0.25, 0.3) is 0 Å². The molecule has 104 valence electrons. The van der Waals surface area contributed by atoms with Crippen LogP contribution in [0.3, 0.4) is 0 Å². The third-order valence-corrected chi connectivity index (χ3v) is 4.80. The summed E-state index contributed by atoms with van der Waals surface area (Å²) >= 11 is 3.48. The molecule has 3 rings (SSSR count). The first-order valence-electron chi connectivity index (χ1n) is 6.96. The minimum absolute atomic E-state index is 0.268. The van der Waals surface area contributed by atoms with Gasteiger partial charge in [0.1, 0.15) is 0 Å². The lowest BCUT2D eigenvalue weighted by Crippen LogP contribution is -2.45. The van der Waals surface area contributed by atoms with Gasteiger partial charge in [-0.25, -0.2) is 0 Å². The van der Waals surface area contributed by atoms with Gasteiger partial charge in [0.2, 0.25) is 0 Å². The van der Waals surface area contributed by atoms with Crippen molar-refractivity contribution in [1.82, 2.24) is 4.90 Å². The second kappa shape index (κ2) is 5.52. The van der Waals surface area contributed by atoms with E-state index in [2.05, 4.69) is 52.0 Å². The van der Waals surface area contributed by atoms with Crippen LogP contribution in [-0.2, 0) is 9.47 Å². The van der Waals surface area contributed by atoms with E-state index in [1.165, 1.54) is 5.56 Å². The Balaban J connectivity index is 1.63. The maximum Gasteiger partial charge on any atom is 0.170 e. The van der Waals surface area contributed by atoms with E-state index in [9.17, 15) is 0 Å². The Hall–Kier alpha value is -0.420. The quantitative estimate of drug-likeness (QED) is 0.832. The molecule has 2 heterocycles. The average Bonchev–Trinajstić information content (AvgIpc) is 2.88. The van der Waals surface area contributed by atoms with E-state index in [1.54, 1.807) is 0 Å². The maximum atomic E-state index is 5.78. The first-order chi connectivity index (χ1) is 9.19. The molecule has 0 amide bonds. The van der Waals surface area contributed by atoms with E-state index >= 15 is 0 Å². The molecule has 0 aromatic heterocycles. The van der Waals surface area contributed by atoms with Gasteiger partial charge in [0.15, 0.2) is 5.79 Å². The van der Waals surface area contributed by atoms with Crippen molar-refractivity contribution < 1.29 is 9.47 Å². The number of likely N-dealkylation sites (tertiary alicyclic amines) is 1. The predicted molar refractivity (Wildman–Crippen MR) is 78.0 cm³/mol. The van der Waals surface area contributed by atoms with Crippen molar-refractivity contribution in [3.8, 4) is 0 Å². The van der Waals surface area contributed by atoms with Crippen LogP contribution in [0.5, 0.6) is 0 Å². The van der Waals surface area contributed by atoms with Crippen molar-refractivity contribution in [2.45, 2.75) is 31.6 Å². The van der Waals surface area contributed by atoms with E-state index in [0.29, 0.717) is 6.04 Å². The molecule has 1 atom stereocenters. The van der Waals surface area contributed by atoms with Crippen LogP contribution < -0.4 is 0 Å². The molecule has 19 heavy (non-hydrogen) atoms. The molecule has 0 unspecified atom stereocenters. The summed E-state index contributed by atoms with van der Waals surface area (Å²) in [6.07, 6.45) is 1.96. The van der Waals surface area contributed by atoms with E-state index < -0.39 is 0 Å². The number of ether oxygens (including phenoxy) is 2. The Morgan fingerprint density at radius 1 is 1.11 bits per heavy atom. The maximum absolute atomic E-state index is 5.78. The molecule has 1 aromatic rings. The van der Waals surface area contributed by atoms with E-state index in [-0.39, 0.29) is 5.79 Å². The molecule has 2 saturated heterocycles. The van der Waals surface area contributed by atoms with Gasteiger partial charge in [-0.1, -0.05) is 28.1 Å². The van der Waals surface area contributed by atoms with Gasteiger partial charge in [-0.05, 0) is 24.6 Å². The Kier molecular flexibility index (Phi) is 3.94. The molecule has 2 fully saturated rings. The van der Waals surface area contributed by atoms with Gasteiger partial charge in [-0.3, -0.25) is 4.90 Å². The zero-order chi connectivity index (χ0) is 13.3. The van der Waals surface area contributed by atoms with Crippen LogP contribution in [0, 0.1) is 0 Å². The normalized spacial score (nSPS) is 24.7. The van der Waals surface area contributed by atoms with E-state index in [1.807, 2.05) is 0 Å². The molecule has 0 saturated carbocycles. The lowest BCUT2D eigenvalue weighted by atomic mass is 9.99. The number of hydrogen-bond donors (Lipinski definition) is 0. The fourth-order valence-corrected chi connectivity index (χ4v) is 3.25. The summed E-state index contributed by atoms with van der Waals surface area (Å²) in [5, 5.41) is 0. The summed E-state index contributed by atoms with van der Waals surface area (Å²) in [5.41, 5.74) is 1.37. The Labute approximate surface area is 123 Å². The minimum Gasteiger partial charge on any atom is -0.347 e. The molecule has 3 nitrogen and oxygen atoms in total. The van der Waals surface area contributed by atoms with Crippen LogP contribution in [0.4, 0.5) is 0 Å². The average molecular weight is 326 g/mol. The van der Waals surface area contributed by atoms with E-state index in [0.717, 1.165) is 43.6 Å². The summed E-state index contributed by atoms with van der Waals surface area (Å²) in [6.45, 7) is 5.86. The molecule has 2 aliphatic heterocycles. The van der Waals surface area contributed by atoms with Crippen LogP contribution in [-0.4, -0.2) is 37.0 Å². The summed E-state index contributed by atoms with van der Waals surface area (Å²) in [6, 6.07) is 9.07. The highest BCUT2D eigenvalue weighted by Crippen LogP contribution is 2.34. The topological polar surface area (TPSA) is 21.7 Å². The molecular weight excluding hydrogens is 306 g/mol. The van der Waals surface area contributed by atoms with Gasteiger partial charge < -0.3 is 9.47 Å². The number of rotatable bonds is 2. The van der Waals surface area contributed by atoms with Gasteiger partial charge in [0.05, 0.1) is 13.2 Å². The Bertz CT molecular complexity index is 418. The van der Waals surface area contributed by atoms with Crippen molar-refractivity contribution in [3.05, 3.63) is 34.3 Å². The van der Waals surface area contributed by atoms with Crippen LogP contribution >= 0.6 is 15.9 Å². The second-order valence-corrected chi connectivity index (χ2v) is 6.29. The fraction of sp³-hybridized carbons (Fsp3) is 0.600. The van der Waals surface area contributed by atoms with Crippen molar-refractivity contribution in [2.75, 3.05) is 26.3 Å². The Morgan fingerprint density at radius 3 is 2.26 bits per heavy atom. The number of nitrogens with zero attached hydrogens (tertiary/aromatic N) is 1. The van der Waals surface area contributed by atoms with Crippen molar-refractivity contribution in [3.63, 3.8) is 0 Å². The van der Waals surface area contributed by atoms with Gasteiger partial charge in [-0.2, -0.15) is 0 Å². The number of benzene rings is 1. The van der Waals surface area contributed by atoms with Crippen molar-refractivity contribution in [1.29, 1.82) is 0 Å². The number of halogens is 1. The van der Waals surface area contributed by atoms with Gasteiger partial charge in [-0.15, -0.1) is 0 Å². The molecule has 0 bridgehead atoms. The molecule has 1 spiro atoms. The SMILES string of the molecule is C[C@@H](c1ccc(Br)cc1)N1CCC2(CC1)OCCO2. The summed E-state index contributed by atoms with van der Waals surface area (Å²) in [7, 11) is 0. The standard InChI is InChI=1S/C15H20BrNO2/c1-12(13-2-4-14(16)5-3-13)17-8-6-15(7-9-17)18-10-11-19-15/h2-5,12H,6-11H2,1H3/t12-/m0/s1. The predicted octanol–water partition coefficient (Wildman–Crippen LogP) is 3.35. The first-order valence-corrected chi connectivity index (χ1v) is 7.75. The van der Waals surface area contributed by atoms with Gasteiger partial charge >= 0.3 is 0 Å². The lowest BCUT2D eigenvalue weighted by Gasteiger charge is -2.40. The van der Waals surface area contributed by atoms with Crippen molar-refractivity contribution in [2.24, 2.45) is 0 Å². The molecule has 2 aliphatic rings. The molecular formula is C15H20BrNO2. The molecule has 0 radical (unpaired) electrons. The molecule has 0 N–H and O–H groups in total. The van der Waals surface area contributed by atoms with Crippen LogP contribution in [0.15, 0.2) is 28.7 Å². The summed E-state index contributed by atoms with van der Waals surface area (Å²) < 4.78 is 12.7. The fourth-order valence-electron chi connectivity index (χ4n) is 2.99. The number of hydrogen-bond acceptors (Lipinski definition) is 3. The highest BCUT2D eigenvalue weighted by atomic mass is 79.9. The zero-order valence-corrected chi connectivity index (χ0v) is 12.9. The molecule has 4 heteroatoms. The molecule has 0 aliphatic carbocycles. The van der Waals surface area contributed by atoms with Crippen molar-refractivity contribution >= 4 is 15.9 Å². The Morgan fingerprint density at radius 2 is 1.68 bits per heavy atom. The summed E-state index contributed by atoms with van der Waals surface area (Å²) in [4.78, 5) is 2.51. The zero-order valence-electron chi connectivity index (χ0n) is 11.3. The highest BCUT2D eigenvalue weighted by Gasteiger charge is 2.40. The summed E-state index contributed by atoms with van der Waals surface area (Å²) in [5.74, 6) is -0.268. The second-order valence-electron chi connectivity index (χ2n) is 5.37. The monoisotopic (exact) mass is 325 g/mol. The van der Waals surface area contributed by atoms with Gasteiger partial charge in [0.25, 0.3) is 0 Å². The third-order valence-electron chi connectivity index (χ3n) is 4.27. The lowest BCUT2D eigenvalue weighted by molar-refractivity contribution is -0.187.